The van der Waals surface area contributed by atoms with Gasteiger partial charge in [0.2, 0.25) is 0 Å². The predicted octanol–water partition coefficient (Wildman–Crippen LogP) is 3.39. The lowest BCUT2D eigenvalue weighted by Gasteiger charge is -2.20. The smallest absolute Gasteiger partial charge is 0.0459 e. The highest BCUT2D eigenvalue weighted by Crippen LogP contribution is 2.25. The number of aromatic nitrogens is 1. The van der Waals surface area contributed by atoms with Gasteiger partial charge in [0.25, 0.3) is 0 Å². The van der Waals surface area contributed by atoms with Crippen LogP contribution in [0.3, 0.4) is 0 Å². The molecule has 1 aliphatic rings. The topological polar surface area (TPSA) is 27.8 Å². The minimum absolute atomic E-state index is 0.599. The molecule has 1 aromatic heterocycles. The number of rotatable bonds is 0. The fourth-order valence-corrected chi connectivity index (χ4v) is 2.29. The van der Waals surface area contributed by atoms with Gasteiger partial charge in [0, 0.05) is 29.2 Å². The van der Waals surface area contributed by atoms with E-state index in [1.807, 2.05) is 6.92 Å². The fraction of sp³-hybridized carbons (Fsp3) is 0.333. The van der Waals surface area contributed by atoms with Gasteiger partial charge in [0.05, 0.1) is 0 Å². The van der Waals surface area contributed by atoms with Crippen LogP contribution in [-0.4, -0.2) is 11.0 Å². The molecule has 3 rings (SSSR count). The number of aromatic amines is 1. The molecule has 2 heterocycles. The van der Waals surface area contributed by atoms with Gasteiger partial charge in [0.1, 0.15) is 0 Å². The van der Waals surface area contributed by atoms with Crippen molar-refractivity contribution in [3.63, 3.8) is 0 Å². The van der Waals surface area contributed by atoms with E-state index in [2.05, 4.69) is 48.1 Å². The van der Waals surface area contributed by atoms with Crippen LogP contribution in [0.4, 0.5) is 0 Å². The summed E-state index contributed by atoms with van der Waals surface area (Å²) in [4.78, 5) is 3.47. The van der Waals surface area contributed by atoms with Crippen LogP contribution in [0, 0.1) is 0 Å². The average molecular weight is 228 g/mol. The molecule has 2 heteroatoms. The molecule has 0 radical (unpaired) electrons. The molecule has 0 spiro atoms. The van der Waals surface area contributed by atoms with Crippen molar-refractivity contribution in [3.05, 3.63) is 48.2 Å². The first kappa shape index (κ1) is 11.9. The Labute approximate surface area is 103 Å². The number of hydrogen-bond donors (Lipinski definition) is 2. The second-order valence-corrected chi connectivity index (χ2v) is 4.52. The molecule has 1 unspecified atom stereocenters. The number of nitrogens with one attached hydrogen (secondary N) is 2. The number of allylic oxidation sites excluding steroid dienone is 1. The normalized spacial score (nSPS) is 18.1. The molecule has 0 amide bonds. The summed E-state index contributed by atoms with van der Waals surface area (Å²) in [6, 6.07) is 9.16. The summed E-state index contributed by atoms with van der Waals surface area (Å²) in [7, 11) is 0. The van der Waals surface area contributed by atoms with Crippen LogP contribution < -0.4 is 5.32 Å². The number of H-pyrrole nitrogens is 1. The molecule has 1 atom stereocenters. The van der Waals surface area contributed by atoms with Crippen molar-refractivity contribution >= 4 is 10.9 Å². The third kappa shape index (κ3) is 2.42. The number of hydrogen-bond acceptors (Lipinski definition) is 1. The lowest BCUT2D eigenvalue weighted by atomic mass is 10.00. The third-order valence-corrected chi connectivity index (χ3v) is 3.04. The van der Waals surface area contributed by atoms with E-state index >= 15 is 0 Å². The maximum Gasteiger partial charge on any atom is 0.0459 e. The predicted molar refractivity (Wildman–Crippen MR) is 74.2 cm³/mol. The minimum Gasteiger partial charge on any atom is -0.357 e. The maximum absolute atomic E-state index is 3.47. The molecule has 1 aromatic carbocycles. The highest BCUT2D eigenvalue weighted by molar-refractivity contribution is 5.84. The van der Waals surface area contributed by atoms with Gasteiger partial charge in [-0.25, -0.2) is 0 Å². The molecule has 2 nitrogen and oxygen atoms in total. The standard InChI is InChI=1S/C12H14N2.C3H6/c1-8-6-10-9-4-2-3-5-11(9)14-12(10)7-13-8;1-3-2/h2-5,8,13-14H,6-7H2,1H3;3H,1H2,2H3. The maximum atomic E-state index is 3.47. The van der Waals surface area contributed by atoms with Crippen LogP contribution in [0.25, 0.3) is 10.9 Å². The summed E-state index contributed by atoms with van der Waals surface area (Å²) in [5.41, 5.74) is 4.14. The molecule has 0 saturated heterocycles. The second kappa shape index (κ2) is 5.19. The molecule has 0 saturated carbocycles. The Morgan fingerprint density at radius 1 is 1.35 bits per heavy atom. The zero-order chi connectivity index (χ0) is 12.3. The average Bonchev–Trinajstić information content (AvgIpc) is 2.68. The number of fused-ring (bicyclic) bond motifs is 3. The van der Waals surface area contributed by atoms with Gasteiger partial charge in [-0.3, -0.25) is 0 Å². The molecule has 0 fully saturated rings. The van der Waals surface area contributed by atoms with Gasteiger partial charge >= 0.3 is 0 Å². The van der Waals surface area contributed by atoms with Crippen LogP contribution in [0.1, 0.15) is 25.1 Å². The molecular formula is C15H20N2. The van der Waals surface area contributed by atoms with E-state index in [1.165, 1.54) is 22.2 Å². The van der Waals surface area contributed by atoms with E-state index in [1.54, 1.807) is 6.08 Å². The SMILES string of the molecule is C=CC.CC1Cc2c([nH]c3ccccc23)CN1. The summed E-state index contributed by atoms with van der Waals surface area (Å²) < 4.78 is 0. The molecule has 2 N–H and O–H groups in total. The lowest BCUT2D eigenvalue weighted by Crippen LogP contribution is -2.32. The Kier molecular flexibility index (Phi) is 3.64. The highest BCUT2D eigenvalue weighted by atomic mass is 14.9. The van der Waals surface area contributed by atoms with Crippen molar-refractivity contribution in [2.75, 3.05) is 0 Å². The van der Waals surface area contributed by atoms with Gasteiger partial charge in [-0.2, -0.15) is 0 Å². The summed E-state index contributed by atoms with van der Waals surface area (Å²) in [5, 5.41) is 4.87. The Morgan fingerprint density at radius 2 is 2.06 bits per heavy atom. The minimum atomic E-state index is 0.599. The molecular weight excluding hydrogens is 208 g/mol. The first-order chi connectivity index (χ1) is 8.26. The first-order valence-corrected chi connectivity index (χ1v) is 6.15. The number of para-hydroxylation sites is 1. The van der Waals surface area contributed by atoms with Crippen molar-refractivity contribution in [1.29, 1.82) is 0 Å². The van der Waals surface area contributed by atoms with E-state index < -0.39 is 0 Å². The summed E-state index contributed by atoms with van der Waals surface area (Å²) in [6.45, 7) is 8.47. The second-order valence-electron chi connectivity index (χ2n) is 4.52. The van der Waals surface area contributed by atoms with Crippen molar-refractivity contribution in [2.24, 2.45) is 0 Å². The zero-order valence-corrected chi connectivity index (χ0v) is 10.6. The van der Waals surface area contributed by atoms with Crippen LogP contribution in [0.5, 0.6) is 0 Å². The van der Waals surface area contributed by atoms with Gasteiger partial charge < -0.3 is 10.3 Å². The molecule has 17 heavy (non-hydrogen) atoms. The molecule has 0 bridgehead atoms. The van der Waals surface area contributed by atoms with Crippen LogP contribution >= 0.6 is 0 Å². The Bertz CT molecular complexity index is 511. The van der Waals surface area contributed by atoms with E-state index in [0.29, 0.717) is 6.04 Å². The molecule has 90 valence electrons. The quantitative estimate of drug-likeness (QED) is 0.665. The Morgan fingerprint density at radius 3 is 2.82 bits per heavy atom. The van der Waals surface area contributed by atoms with Crippen molar-refractivity contribution < 1.29 is 0 Å². The molecule has 1 aliphatic heterocycles. The van der Waals surface area contributed by atoms with Gasteiger partial charge in [-0.1, -0.05) is 24.3 Å². The van der Waals surface area contributed by atoms with Crippen LogP contribution in [0.15, 0.2) is 36.9 Å². The Hall–Kier alpha value is -1.54. The van der Waals surface area contributed by atoms with Crippen molar-refractivity contribution in [2.45, 2.75) is 32.9 Å². The molecule has 0 aliphatic carbocycles. The largest absolute Gasteiger partial charge is 0.357 e. The van der Waals surface area contributed by atoms with Crippen molar-refractivity contribution in [1.82, 2.24) is 10.3 Å². The van der Waals surface area contributed by atoms with Crippen LogP contribution in [-0.2, 0) is 13.0 Å². The summed E-state index contributed by atoms with van der Waals surface area (Å²) >= 11 is 0. The van der Waals surface area contributed by atoms with E-state index in [4.69, 9.17) is 0 Å². The van der Waals surface area contributed by atoms with Gasteiger partial charge in [-0.05, 0) is 31.9 Å². The number of benzene rings is 1. The summed E-state index contributed by atoms with van der Waals surface area (Å²) in [6.07, 6.45) is 2.89. The van der Waals surface area contributed by atoms with Gasteiger partial charge in [-0.15, -0.1) is 6.58 Å². The van der Waals surface area contributed by atoms with Crippen LogP contribution in [0.2, 0.25) is 0 Å². The van der Waals surface area contributed by atoms with Gasteiger partial charge in [0.15, 0.2) is 0 Å². The van der Waals surface area contributed by atoms with Crippen molar-refractivity contribution in [3.8, 4) is 0 Å². The first-order valence-electron chi connectivity index (χ1n) is 6.15. The van der Waals surface area contributed by atoms with E-state index in [9.17, 15) is 0 Å². The van der Waals surface area contributed by atoms with E-state index in [0.717, 1.165) is 13.0 Å². The third-order valence-electron chi connectivity index (χ3n) is 3.04. The molecule has 2 aromatic rings. The fourth-order valence-electron chi connectivity index (χ4n) is 2.29. The van der Waals surface area contributed by atoms with E-state index in [-0.39, 0.29) is 0 Å². The summed E-state index contributed by atoms with van der Waals surface area (Å²) in [5.74, 6) is 0. The Balaban J connectivity index is 0.000000329. The monoisotopic (exact) mass is 228 g/mol. The lowest BCUT2D eigenvalue weighted by molar-refractivity contribution is 0.511. The highest BCUT2D eigenvalue weighted by Gasteiger charge is 2.18. The zero-order valence-electron chi connectivity index (χ0n) is 10.6.